The van der Waals surface area contributed by atoms with E-state index in [-0.39, 0.29) is 0 Å². The summed E-state index contributed by atoms with van der Waals surface area (Å²) in [4.78, 5) is 47.4. The van der Waals surface area contributed by atoms with Gasteiger partial charge < -0.3 is 0 Å². The number of carbonyl (C=O) groups is 4. The second kappa shape index (κ2) is 7.87. The summed E-state index contributed by atoms with van der Waals surface area (Å²) in [5.74, 6) is -5.86. The van der Waals surface area contributed by atoms with E-state index >= 15 is 0 Å². The van der Waals surface area contributed by atoms with Crippen LogP contribution < -0.4 is 0 Å². The van der Waals surface area contributed by atoms with Crippen molar-refractivity contribution in [3.05, 3.63) is 0 Å². The normalized spacial score (nSPS) is 32.1. The molecule has 2 fully saturated rings. The number of carbonyl (C=O) groups excluding carboxylic acids is 4. The first-order chi connectivity index (χ1) is 12.4. The minimum atomic E-state index is -6.17. The Hall–Kier alpha value is -1.48. The van der Waals surface area contributed by atoms with E-state index in [2.05, 4.69) is 11.3 Å². The van der Waals surface area contributed by atoms with Gasteiger partial charge in [-0.3, -0.25) is 0 Å². The van der Waals surface area contributed by atoms with Gasteiger partial charge in [-0.1, -0.05) is 0 Å². The van der Waals surface area contributed by atoms with Gasteiger partial charge in [-0.2, -0.15) is 0 Å². The molecule has 2 aliphatic heterocycles. The average Bonchev–Trinajstić information content (AvgIpc) is 2.70. The summed E-state index contributed by atoms with van der Waals surface area (Å²) in [6.45, 7) is -1.02. The molecule has 0 amide bonds. The molecule has 0 aromatic heterocycles. The first kappa shape index (κ1) is 21.8. The molecule has 2 aliphatic rings. The number of fused-ring (bicyclic) bond motifs is 3. The average molecular weight is 593 g/mol. The van der Waals surface area contributed by atoms with Gasteiger partial charge in [0, 0.05) is 0 Å². The Bertz CT molecular complexity index is 628. The van der Waals surface area contributed by atoms with Gasteiger partial charge in [0.05, 0.1) is 0 Å². The fourth-order valence-corrected chi connectivity index (χ4v) is 8.16. The summed E-state index contributed by atoms with van der Waals surface area (Å²) < 4.78 is 18.5. The first-order valence-electron chi connectivity index (χ1n) is 7.30. The quantitative estimate of drug-likeness (QED) is 0.158. The van der Waals surface area contributed by atoms with Crippen LogP contribution in [0.25, 0.3) is 0 Å². The molecule has 2 bridgehead atoms. The maximum atomic E-state index is 12.0. The standard InChI is InChI=1S/C6H8O7.C6H12O7.Bi/c7-3(8)1-6(13,5(11)12)2-4(9)10;7-1-2(8)3(9)4(10)5(11)6(12)13;/h13H,1-2H2,(H,7,8)(H,9,10)(H,11,12);2-5,7-11H,1H2,(H,12,13);/q;;+4/p-4/t;2-,3-,4+,5-;/m.1./s1. The van der Waals surface area contributed by atoms with Gasteiger partial charge in [-0.05, 0) is 0 Å². The topological polar surface area (TPSA) is 227 Å². The van der Waals surface area contributed by atoms with E-state index in [9.17, 15) is 44.7 Å². The van der Waals surface area contributed by atoms with Crippen molar-refractivity contribution in [1.82, 2.24) is 0 Å². The van der Waals surface area contributed by atoms with E-state index in [0.29, 0.717) is 0 Å². The molecule has 2 rings (SSSR count). The Morgan fingerprint density at radius 1 is 1.04 bits per heavy atom. The predicted molar refractivity (Wildman–Crippen MR) is 75.4 cm³/mol. The van der Waals surface area contributed by atoms with E-state index < -0.39 is 95.4 Å². The summed E-state index contributed by atoms with van der Waals surface area (Å²) in [6, 6.07) is 0. The van der Waals surface area contributed by atoms with Crippen LogP contribution in [-0.2, 0) is 30.4 Å². The van der Waals surface area contributed by atoms with Crippen LogP contribution in [0.4, 0.5) is 0 Å². The monoisotopic (exact) mass is 593 g/mol. The number of hydrogen-bond donors (Lipinski definition) is 6. The number of hydrogen-bond acceptors (Lipinski definition) is 14. The van der Waals surface area contributed by atoms with Crippen LogP contribution in [0.3, 0.4) is 0 Å². The second-order valence-electron chi connectivity index (χ2n) is 5.72. The zero-order chi connectivity index (χ0) is 20.6. The van der Waals surface area contributed by atoms with E-state index in [1.807, 2.05) is 0 Å². The number of aliphatic hydroxyl groups is 6. The summed E-state index contributed by atoms with van der Waals surface area (Å²) in [7, 11) is 0. The van der Waals surface area contributed by atoms with Gasteiger partial charge >= 0.3 is 156 Å². The van der Waals surface area contributed by atoms with Crippen molar-refractivity contribution >= 4 is 45.9 Å². The van der Waals surface area contributed by atoms with Gasteiger partial charge in [0.25, 0.3) is 0 Å². The molecule has 0 spiro atoms. The Kier molecular flexibility index (Phi) is 6.36. The van der Waals surface area contributed by atoms with Crippen molar-refractivity contribution in [2.24, 2.45) is 0 Å². The molecule has 2 heterocycles. The molecule has 0 aromatic carbocycles. The molecule has 1 radical (unpaired) electrons. The van der Waals surface area contributed by atoms with Crippen LogP contribution >= 0.6 is 0 Å². The van der Waals surface area contributed by atoms with Gasteiger partial charge in [0.2, 0.25) is 0 Å². The number of aliphatic hydroxyl groups excluding tert-OH is 5. The summed E-state index contributed by atoms with van der Waals surface area (Å²) in [6.07, 6.45) is -11.0. The number of rotatable bonds is 6. The zero-order valence-electron chi connectivity index (χ0n) is 13.3. The molecule has 15 heteroatoms. The summed E-state index contributed by atoms with van der Waals surface area (Å²) in [5, 5.41) is 56.8. The molecule has 6 N–H and O–H groups in total. The van der Waals surface area contributed by atoms with E-state index in [1.54, 1.807) is 0 Å². The van der Waals surface area contributed by atoms with Crippen LogP contribution in [-0.4, -0.2) is 113 Å². The molecule has 0 aromatic rings. The van der Waals surface area contributed by atoms with Gasteiger partial charge in [0.1, 0.15) is 0 Å². The van der Waals surface area contributed by atoms with Crippen LogP contribution in [0.15, 0.2) is 0 Å². The third-order valence-electron chi connectivity index (χ3n) is 3.57. The Morgan fingerprint density at radius 2 is 1.56 bits per heavy atom. The third-order valence-corrected chi connectivity index (χ3v) is 9.98. The van der Waals surface area contributed by atoms with Crippen LogP contribution in [0.2, 0.25) is 0 Å². The Labute approximate surface area is 156 Å². The zero-order valence-corrected chi connectivity index (χ0v) is 16.8. The van der Waals surface area contributed by atoms with Crippen LogP contribution in [0.1, 0.15) is 12.8 Å². The molecule has 2 saturated heterocycles. The second-order valence-corrected chi connectivity index (χ2v) is 12.0. The molecule has 27 heavy (non-hydrogen) atoms. The first-order valence-corrected chi connectivity index (χ1v) is 13.0. The molecule has 0 saturated carbocycles. The minimum absolute atomic E-state index is 0.967. The Morgan fingerprint density at radius 3 is 2.04 bits per heavy atom. The summed E-state index contributed by atoms with van der Waals surface area (Å²) >= 11 is -6.17. The van der Waals surface area contributed by atoms with Crippen molar-refractivity contribution in [1.29, 1.82) is 0 Å². The fraction of sp³-hybridized carbons (Fsp3) is 0.667. The SMILES string of the molecule is O=C1CC2(O)CC(=O)[O][Bi]([O]C(=O)[C@H](O)[C@@H](O)[C@H](O)[C@H](O)CO)([O]1)[O]C2=O. The molecule has 0 unspecified atom stereocenters. The predicted octanol–water partition coefficient (Wildman–Crippen LogP) is -5.43. The van der Waals surface area contributed by atoms with Crippen molar-refractivity contribution in [2.75, 3.05) is 6.61 Å². The van der Waals surface area contributed by atoms with E-state index in [1.165, 1.54) is 0 Å². The molecule has 0 aliphatic carbocycles. The van der Waals surface area contributed by atoms with E-state index in [0.717, 1.165) is 0 Å². The van der Waals surface area contributed by atoms with E-state index in [4.69, 9.17) is 5.11 Å². The molecule has 153 valence electrons. The maximum absolute atomic E-state index is 12.0. The molecular formula is C12H16BiO14. The van der Waals surface area contributed by atoms with Gasteiger partial charge in [-0.15, -0.1) is 0 Å². The van der Waals surface area contributed by atoms with Crippen LogP contribution in [0, 0.1) is 0 Å². The third kappa shape index (κ3) is 4.51. The molecular weight excluding hydrogens is 577 g/mol. The van der Waals surface area contributed by atoms with Crippen LogP contribution in [0.5, 0.6) is 0 Å². The molecule has 14 nitrogen and oxygen atoms in total. The van der Waals surface area contributed by atoms with Crippen molar-refractivity contribution < 1.29 is 61.1 Å². The fourth-order valence-electron chi connectivity index (χ4n) is 2.12. The van der Waals surface area contributed by atoms with Crippen molar-refractivity contribution in [3.63, 3.8) is 0 Å². The van der Waals surface area contributed by atoms with Gasteiger partial charge in [-0.25, -0.2) is 0 Å². The van der Waals surface area contributed by atoms with Crippen molar-refractivity contribution in [2.45, 2.75) is 42.9 Å². The Balaban J connectivity index is 2.22. The molecule has 4 atom stereocenters. The van der Waals surface area contributed by atoms with Crippen molar-refractivity contribution in [3.8, 4) is 0 Å². The summed E-state index contributed by atoms with van der Waals surface area (Å²) in [5.41, 5.74) is -2.57. The van der Waals surface area contributed by atoms with Gasteiger partial charge in [0.15, 0.2) is 0 Å².